The summed E-state index contributed by atoms with van der Waals surface area (Å²) in [6.45, 7) is 3.85. The van der Waals surface area contributed by atoms with Crippen LogP contribution in [-0.4, -0.2) is 23.5 Å². The van der Waals surface area contributed by atoms with Crippen molar-refractivity contribution in [2.75, 3.05) is 6.54 Å². The minimum absolute atomic E-state index is 0.0970. The lowest BCUT2D eigenvalue weighted by molar-refractivity contribution is 0.0905. The molecule has 0 saturated carbocycles. The van der Waals surface area contributed by atoms with Gasteiger partial charge in [0.1, 0.15) is 11.9 Å². The summed E-state index contributed by atoms with van der Waals surface area (Å²) in [6.07, 6.45) is 3.01. The number of nitrogens with one attached hydrogen (secondary N) is 1. The Labute approximate surface area is 138 Å². The predicted molar refractivity (Wildman–Crippen MR) is 87.6 cm³/mol. The molecule has 0 saturated heterocycles. The van der Waals surface area contributed by atoms with Gasteiger partial charge in [0.2, 0.25) is 0 Å². The van der Waals surface area contributed by atoms with Crippen LogP contribution in [0.2, 0.25) is 0 Å². The highest BCUT2D eigenvalue weighted by Gasteiger charge is 2.20. The van der Waals surface area contributed by atoms with E-state index in [1.165, 1.54) is 6.07 Å². The number of nitrogens with zero attached hydrogens (tertiary/aromatic N) is 1. The average Bonchev–Trinajstić information content (AvgIpc) is 2.92. The van der Waals surface area contributed by atoms with Crippen LogP contribution in [0.3, 0.4) is 0 Å². The quantitative estimate of drug-likeness (QED) is 0.779. The highest BCUT2D eigenvalue weighted by atomic mass is 19.1. The molecule has 1 N–H and O–H groups in total. The second kappa shape index (κ2) is 6.70. The molecule has 3 aromatic rings. The Morgan fingerprint density at radius 1 is 1.38 bits per heavy atom. The number of furan rings is 1. The number of fused-ring (bicyclic) bond motifs is 1. The molecule has 5 nitrogen and oxygen atoms in total. The van der Waals surface area contributed by atoms with Gasteiger partial charge in [0, 0.05) is 17.1 Å². The van der Waals surface area contributed by atoms with Crippen molar-refractivity contribution in [2.24, 2.45) is 0 Å². The molecule has 2 heterocycles. The van der Waals surface area contributed by atoms with E-state index in [1.807, 2.05) is 6.92 Å². The summed E-state index contributed by atoms with van der Waals surface area (Å²) in [5.74, 6) is -0.141. The molecule has 1 aromatic carbocycles. The Kier molecular flexibility index (Phi) is 4.46. The van der Waals surface area contributed by atoms with Crippen molar-refractivity contribution in [3.05, 3.63) is 59.9 Å². The number of benzene rings is 1. The lowest BCUT2D eigenvalue weighted by Crippen LogP contribution is -2.33. The molecule has 1 amide bonds. The maximum Gasteiger partial charge on any atom is 0.287 e. The Hall–Kier alpha value is -2.89. The van der Waals surface area contributed by atoms with Crippen LogP contribution in [0.1, 0.15) is 23.0 Å². The molecule has 2 aromatic heterocycles. The van der Waals surface area contributed by atoms with Crippen LogP contribution in [0.4, 0.5) is 4.39 Å². The third-order valence-corrected chi connectivity index (χ3v) is 3.64. The van der Waals surface area contributed by atoms with E-state index in [-0.39, 0.29) is 24.0 Å². The zero-order valence-electron chi connectivity index (χ0n) is 13.4. The summed E-state index contributed by atoms with van der Waals surface area (Å²) < 4.78 is 24.8. The minimum atomic E-state index is -0.483. The number of hydrogen-bond donors (Lipinski definition) is 1. The number of ether oxygens (including phenoxy) is 1. The van der Waals surface area contributed by atoms with Gasteiger partial charge < -0.3 is 14.5 Å². The Morgan fingerprint density at radius 3 is 2.92 bits per heavy atom. The van der Waals surface area contributed by atoms with Gasteiger partial charge in [0.25, 0.3) is 5.91 Å². The highest BCUT2D eigenvalue weighted by molar-refractivity contribution is 5.99. The van der Waals surface area contributed by atoms with E-state index in [0.717, 1.165) is 0 Å². The topological polar surface area (TPSA) is 64.4 Å². The van der Waals surface area contributed by atoms with Crippen molar-refractivity contribution < 1.29 is 18.3 Å². The summed E-state index contributed by atoms with van der Waals surface area (Å²) in [5, 5.41) is 3.34. The molecule has 6 heteroatoms. The van der Waals surface area contributed by atoms with Crippen LogP contribution < -0.4 is 10.1 Å². The SMILES string of the molecule is Cc1c(C(=O)NCC(C)Oc2cccnc2)oc2c(F)cccc12. The van der Waals surface area contributed by atoms with E-state index < -0.39 is 11.7 Å². The first-order chi connectivity index (χ1) is 11.6. The summed E-state index contributed by atoms with van der Waals surface area (Å²) in [6, 6.07) is 8.18. The molecule has 0 fully saturated rings. The van der Waals surface area contributed by atoms with Gasteiger partial charge in [0.15, 0.2) is 17.2 Å². The van der Waals surface area contributed by atoms with Gasteiger partial charge in [0.05, 0.1) is 12.7 Å². The number of aromatic nitrogens is 1. The summed E-state index contributed by atoms with van der Waals surface area (Å²) >= 11 is 0. The molecule has 1 atom stereocenters. The summed E-state index contributed by atoms with van der Waals surface area (Å²) in [4.78, 5) is 16.3. The van der Waals surface area contributed by atoms with Crippen molar-refractivity contribution in [3.8, 4) is 5.75 Å². The van der Waals surface area contributed by atoms with Gasteiger partial charge in [-0.15, -0.1) is 0 Å². The van der Waals surface area contributed by atoms with Gasteiger partial charge in [-0.25, -0.2) is 4.39 Å². The molecule has 0 aliphatic rings. The van der Waals surface area contributed by atoms with Crippen molar-refractivity contribution in [1.82, 2.24) is 10.3 Å². The molecule has 1 unspecified atom stereocenters. The Bertz CT molecular complexity index is 861. The van der Waals surface area contributed by atoms with Crippen LogP contribution in [0.25, 0.3) is 11.0 Å². The zero-order valence-corrected chi connectivity index (χ0v) is 13.4. The van der Waals surface area contributed by atoms with Crippen molar-refractivity contribution in [1.29, 1.82) is 0 Å². The third kappa shape index (κ3) is 3.22. The fourth-order valence-electron chi connectivity index (χ4n) is 2.43. The van der Waals surface area contributed by atoms with E-state index in [4.69, 9.17) is 9.15 Å². The Morgan fingerprint density at radius 2 is 2.21 bits per heavy atom. The van der Waals surface area contributed by atoms with Crippen molar-refractivity contribution in [3.63, 3.8) is 0 Å². The van der Waals surface area contributed by atoms with Crippen LogP contribution in [0.15, 0.2) is 47.1 Å². The van der Waals surface area contributed by atoms with E-state index in [9.17, 15) is 9.18 Å². The number of aryl methyl sites for hydroxylation is 1. The van der Waals surface area contributed by atoms with Crippen molar-refractivity contribution in [2.45, 2.75) is 20.0 Å². The first kappa shape index (κ1) is 16.0. The van der Waals surface area contributed by atoms with Crippen LogP contribution in [0, 0.1) is 12.7 Å². The molecular formula is C18H17FN2O3. The maximum atomic E-state index is 13.7. The average molecular weight is 328 g/mol. The van der Waals surface area contributed by atoms with E-state index in [2.05, 4.69) is 10.3 Å². The van der Waals surface area contributed by atoms with Crippen molar-refractivity contribution >= 4 is 16.9 Å². The van der Waals surface area contributed by atoms with Crippen LogP contribution in [-0.2, 0) is 0 Å². The molecule has 0 radical (unpaired) electrons. The van der Waals surface area contributed by atoms with E-state index >= 15 is 0 Å². The molecule has 0 bridgehead atoms. The highest BCUT2D eigenvalue weighted by Crippen LogP contribution is 2.27. The summed E-state index contributed by atoms with van der Waals surface area (Å²) in [5.41, 5.74) is 0.711. The van der Waals surface area contributed by atoms with Gasteiger partial charge in [-0.05, 0) is 32.0 Å². The first-order valence-corrected chi connectivity index (χ1v) is 7.58. The van der Waals surface area contributed by atoms with Gasteiger partial charge in [-0.2, -0.15) is 0 Å². The van der Waals surface area contributed by atoms with Gasteiger partial charge in [-0.1, -0.05) is 12.1 Å². The van der Waals surface area contributed by atoms with E-state index in [1.54, 1.807) is 43.6 Å². The number of para-hydroxylation sites is 1. The van der Waals surface area contributed by atoms with E-state index in [0.29, 0.717) is 16.7 Å². The number of pyridine rings is 1. The molecule has 3 rings (SSSR count). The monoisotopic (exact) mass is 328 g/mol. The lowest BCUT2D eigenvalue weighted by Gasteiger charge is -2.14. The number of amides is 1. The third-order valence-electron chi connectivity index (χ3n) is 3.64. The molecule has 124 valence electrons. The molecule has 0 aliphatic carbocycles. The largest absolute Gasteiger partial charge is 0.487 e. The van der Waals surface area contributed by atoms with Crippen LogP contribution >= 0.6 is 0 Å². The second-order valence-corrected chi connectivity index (χ2v) is 5.50. The number of halogens is 1. The van der Waals surface area contributed by atoms with Crippen LogP contribution in [0.5, 0.6) is 5.75 Å². The molecule has 0 spiro atoms. The fourth-order valence-corrected chi connectivity index (χ4v) is 2.43. The molecule has 24 heavy (non-hydrogen) atoms. The number of rotatable bonds is 5. The first-order valence-electron chi connectivity index (χ1n) is 7.58. The van der Waals surface area contributed by atoms with Gasteiger partial charge >= 0.3 is 0 Å². The fraction of sp³-hybridized carbons (Fsp3) is 0.222. The Balaban J connectivity index is 1.67. The molecular weight excluding hydrogens is 311 g/mol. The number of carbonyl (C=O) groups is 1. The number of hydrogen-bond acceptors (Lipinski definition) is 4. The smallest absolute Gasteiger partial charge is 0.287 e. The normalized spacial score (nSPS) is 12.1. The zero-order chi connectivity index (χ0) is 17.1. The standard InChI is InChI=1S/C18H17FN2O3/c1-11(23-13-5-4-8-20-10-13)9-21-18(22)16-12(2)14-6-3-7-15(19)17(14)24-16/h3-8,10-11H,9H2,1-2H3,(H,21,22). The maximum absolute atomic E-state index is 13.7. The predicted octanol–water partition coefficient (Wildman–Crippen LogP) is 3.47. The molecule has 0 aliphatic heterocycles. The lowest BCUT2D eigenvalue weighted by atomic mass is 10.1. The number of carbonyl (C=O) groups excluding carboxylic acids is 1. The summed E-state index contributed by atoms with van der Waals surface area (Å²) in [7, 11) is 0. The minimum Gasteiger partial charge on any atom is -0.487 e. The second-order valence-electron chi connectivity index (χ2n) is 5.50. The van der Waals surface area contributed by atoms with Gasteiger partial charge in [-0.3, -0.25) is 9.78 Å².